The lowest BCUT2D eigenvalue weighted by atomic mass is 9.47. The van der Waals surface area contributed by atoms with Gasteiger partial charge in [-0.15, -0.1) is 0 Å². The summed E-state index contributed by atoms with van der Waals surface area (Å²) < 4.78 is 0. The van der Waals surface area contributed by atoms with Gasteiger partial charge in [-0.25, -0.2) is 0 Å². The molecule has 4 aliphatic rings. The van der Waals surface area contributed by atoms with Crippen LogP contribution in [0, 0.1) is 29.6 Å². The monoisotopic (exact) mass is 207 g/mol. The maximum absolute atomic E-state index is 6.79. The van der Waals surface area contributed by atoms with Crippen LogP contribution in [0.4, 0.5) is 0 Å². The Hall–Kier alpha value is -0.0400. The molecule has 2 N–H and O–H groups in total. The first-order valence-electron chi connectivity index (χ1n) is 6.87. The van der Waals surface area contributed by atoms with Gasteiger partial charge in [0.2, 0.25) is 0 Å². The lowest BCUT2D eigenvalue weighted by Gasteiger charge is -2.60. The summed E-state index contributed by atoms with van der Waals surface area (Å²) in [6.07, 6.45) is 8.62. The quantitative estimate of drug-likeness (QED) is 0.739. The topological polar surface area (TPSA) is 26.0 Å². The fourth-order valence-electron chi connectivity index (χ4n) is 5.10. The Bertz CT molecular complexity index is 228. The second-order valence-electron chi connectivity index (χ2n) is 7.01. The first kappa shape index (κ1) is 10.1. The van der Waals surface area contributed by atoms with Crippen LogP contribution in [0.3, 0.4) is 0 Å². The van der Waals surface area contributed by atoms with Crippen molar-refractivity contribution in [1.82, 2.24) is 0 Å². The molecule has 4 aliphatic carbocycles. The molecule has 0 saturated heterocycles. The SMILES string of the molecule is CC(C)CC1(N)[C@H]2C[C@H]3C[C@H](C2)C[C@H]1C3. The zero-order chi connectivity index (χ0) is 10.6. The number of hydrogen-bond acceptors (Lipinski definition) is 1. The van der Waals surface area contributed by atoms with Crippen molar-refractivity contribution >= 4 is 0 Å². The van der Waals surface area contributed by atoms with Crippen LogP contribution in [0.25, 0.3) is 0 Å². The molecular formula is C14H25N. The average molecular weight is 207 g/mol. The second kappa shape index (κ2) is 3.23. The van der Waals surface area contributed by atoms with Crippen molar-refractivity contribution in [1.29, 1.82) is 0 Å². The predicted octanol–water partition coefficient (Wildman–Crippen LogP) is 3.19. The third-order valence-electron chi connectivity index (χ3n) is 5.42. The molecule has 0 aromatic heterocycles. The van der Waals surface area contributed by atoms with Crippen LogP contribution in [0.5, 0.6) is 0 Å². The van der Waals surface area contributed by atoms with Crippen LogP contribution in [-0.4, -0.2) is 5.54 Å². The Labute approximate surface area is 93.8 Å². The minimum Gasteiger partial charge on any atom is -0.325 e. The molecular weight excluding hydrogens is 182 g/mol. The highest BCUT2D eigenvalue weighted by molar-refractivity contribution is 5.09. The molecule has 4 fully saturated rings. The molecule has 0 atom stereocenters. The van der Waals surface area contributed by atoms with Gasteiger partial charge in [0.25, 0.3) is 0 Å². The molecule has 0 radical (unpaired) electrons. The van der Waals surface area contributed by atoms with Gasteiger partial charge < -0.3 is 5.73 Å². The van der Waals surface area contributed by atoms with E-state index < -0.39 is 0 Å². The summed E-state index contributed by atoms with van der Waals surface area (Å²) >= 11 is 0. The molecule has 0 amide bonds. The zero-order valence-corrected chi connectivity index (χ0v) is 10.2. The molecule has 0 unspecified atom stereocenters. The van der Waals surface area contributed by atoms with Gasteiger partial charge in [-0.3, -0.25) is 0 Å². The van der Waals surface area contributed by atoms with Gasteiger partial charge in [-0.05, 0) is 68.1 Å². The standard InChI is InChI=1S/C14H25N/c1-9(2)8-14(15)12-4-10-3-11(6-12)7-13(14)5-10/h9-13H,3-8,15H2,1-2H3/t10-,11-,12-,13+,14?. The lowest BCUT2D eigenvalue weighted by Crippen LogP contribution is -2.63. The largest absolute Gasteiger partial charge is 0.325 e. The van der Waals surface area contributed by atoms with Crippen molar-refractivity contribution in [3.8, 4) is 0 Å². The summed E-state index contributed by atoms with van der Waals surface area (Å²) in [5.74, 6) is 4.62. The third-order valence-corrected chi connectivity index (χ3v) is 5.42. The van der Waals surface area contributed by atoms with E-state index in [1.54, 1.807) is 0 Å². The molecule has 4 bridgehead atoms. The first-order valence-corrected chi connectivity index (χ1v) is 6.87. The van der Waals surface area contributed by atoms with E-state index in [0.717, 1.165) is 29.6 Å². The van der Waals surface area contributed by atoms with E-state index in [-0.39, 0.29) is 5.54 Å². The van der Waals surface area contributed by atoms with E-state index in [1.807, 2.05) is 0 Å². The van der Waals surface area contributed by atoms with Gasteiger partial charge in [-0.2, -0.15) is 0 Å². The molecule has 1 nitrogen and oxygen atoms in total. The maximum Gasteiger partial charge on any atom is 0.0214 e. The Morgan fingerprint density at radius 2 is 1.47 bits per heavy atom. The van der Waals surface area contributed by atoms with Crippen LogP contribution >= 0.6 is 0 Å². The van der Waals surface area contributed by atoms with E-state index in [1.165, 1.54) is 38.5 Å². The van der Waals surface area contributed by atoms with E-state index in [9.17, 15) is 0 Å². The molecule has 0 aromatic carbocycles. The summed E-state index contributed by atoms with van der Waals surface area (Å²) in [6.45, 7) is 4.67. The summed E-state index contributed by atoms with van der Waals surface area (Å²) in [6, 6.07) is 0. The summed E-state index contributed by atoms with van der Waals surface area (Å²) in [4.78, 5) is 0. The van der Waals surface area contributed by atoms with Crippen molar-refractivity contribution in [2.24, 2.45) is 35.3 Å². The fraction of sp³-hybridized carbons (Fsp3) is 1.00. The predicted molar refractivity (Wildman–Crippen MR) is 63.4 cm³/mol. The highest BCUT2D eigenvalue weighted by Gasteiger charge is 2.54. The molecule has 0 aromatic rings. The van der Waals surface area contributed by atoms with Gasteiger partial charge in [0.15, 0.2) is 0 Å². The lowest BCUT2D eigenvalue weighted by molar-refractivity contribution is -0.0633. The molecule has 0 spiro atoms. The Balaban J connectivity index is 1.84. The van der Waals surface area contributed by atoms with Crippen molar-refractivity contribution in [2.45, 2.75) is 57.9 Å². The molecule has 15 heavy (non-hydrogen) atoms. The number of hydrogen-bond donors (Lipinski definition) is 1. The van der Waals surface area contributed by atoms with Crippen LogP contribution < -0.4 is 5.73 Å². The van der Waals surface area contributed by atoms with Crippen molar-refractivity contribution in [2.75, 3.05) is 0 Å². The molecule has 4 saturated carbocycles. The van der Waals surface area contributed by atoms with E-state index in [0.29, 0.717) is 0 Å². The molecule has 86 valence electrons. The molecule has 1 heteroatoms. The van der Waals surface area contributed by atoms with Crippen molar-refractivity contribution < 1.29 is 0 Å². The molecule has 4 rings (SSSR count). The highest BCUT2D eigenvalue weighted by Crippen LogP contribution is 2.58. The Kier molecular flexibility index (Phi) is 2.18. The minimum atomic E-state index is 0.224. The second-order valence-corrected chi connectivity index (χ2v) is 7.01. The fourth-order valence-corrected chi connectivity index (χ4v) is 5.10. The van der Waals surface area contributed by atoms with Crippen molar-refractivity contribution in [3.05, 3.63) is 0 Å². The summed E-state index contributed by atoms with van der Waals surface area (Å²) in [7, 11) is 0. The first-order chi connectivity index (χ1) is 7.08. The van der Waals surface area contributed by atoms with Gasteiger partial charge in [-0.1, -0.05) is 13.8 Å². The van der Waals surface area contributed by atoms with Gasteiger partial charge in [0.05, 0.1) is 0 Å². The number of rotatable bonds is 2. The smallest absolute Gasteiger partial charge is 0.0214 e. The van der Waals surface area contributed by atoms with Crippen LogP contribution in [0.15, 0.2) is 0 Å². The van der Waals surface area contributed by atoms with Gasteiger partial charge in [0, 0.05) is 5.54 Å². The third kappa shape index (κ3) is 1.46. The Morgan fingerprint density at radius 1 is 1.00 bits per heavy atom. The van der Waals surface area contributed by atoms with E-state index >= 15 is 0 Å². The van der Waals surface area contributed by atoms with E-state index in [2.05, 4.69) is 13.8 Å². The number of nitrogens with two attached hydrogens (primary N) is 1. The van der Waals surface area contributed by atoms with Gasteiger partial charge in [0.1, 0.15) is 0 Å². The molecule has 0 heterocycles. The van der Waals surface area contributed by atoms with E-state index in [4.69, 9.17) is 5.73 Å². The zero-order valence-electron chi connectivity index (χ0n) is 10.2. The van der Waals surface area contributed by atoms with Crippen LogP contribution in [0.1, 0.15) is 52.4 Å². The van der Waals surface area contributed by atoms with Gasteiger partial charge >= 0.3 is 0 Å². The highest BCUT2D eigenvalue weighted by atomic mass is 14.8. The van der Waals surface area contributed by atoms with Crippen molar-refractivity contribution in [3.63, 3.8) is 0 Å². The Morgan fingerprint density at radius 3 is 1.87 bits per heavy atom. The molecule has 0 aliphatic heterocycles. The minimum absolute atomic E-state index is 0.224. The van der Waals surface area contributed by atoms with Crippen LogP contribution in [0.2, 0.25) is 0 Å². The maximum atomic E-state index is 6.79. The normalized spacial score (nSPS) is 52.8. The average Bonchev–Trinajstić information content (AvgIpc) is 2.12. The summed E-state index contributed by atoms with van der Waals surface area (Å²) in [5, 5.41) is 0. The summed E-state index contributed by atoms with van der Waals surface area (Å²) in [5.41, 5.74) is 7.02. The van der Waals surface area contributed by atoms with Crippen LogP contribution in [-0.2, 0) is 0 Å².